The van der Waals surface area contributed by atoms with Crippen LogP contribution >= 0.6 is 0 Å². The van der Waals surface area contributed by atoms with Gasteiger partial charge >= 0.3 is 0 Å². The lowest BCUT2D eigenvalue weighted by Gasteiger charge is -2.46. The van der Waals surface area contributed by atoms with E-state index in [2.05, 4.69) is 33.0 Å². The lowest BCUT2D eigenvalue weighted by atomic mass is 9.81. The molecule has 0 unspecified atom stereocenters. The minimum atomic E-state index is -0.202. The molecular weight excluding hydrogens is 246 g/mol. The van der Waals surface area contributed by atoms with Gasteiger partial charge < -0.3 is 14.2 Å². The maximum atomic E-state index is 6.04. The van der Waals surface area contributed by atoms with Gasteiger partial charge in [-0.3, -0.25) is 0 Å². The highest BCUT2D eigenvalue weighted by atomic mass is 28.3. The number of rotatable bonds is 6. The molecule has 17 heavy (non-hydrogen) atoms. The molecule has 0 radical (unpaired) electrons. The Bertz CT molecular complexity index is 219. The predicted molar refractivity (Wildman–Crippen MR) is 79.3 cm³/mol. The Morgan fingerprint density at radius 2 is 1.82 bits per heavy atom. The number of hydrogen-bond acceptors (Lipinski definition) is 3. The van der Waals surface area contributed by atoms with Crippen LogP contribution in [-0.2, 0) is 8.85 Å². The second kappa shape index (κ2) is 6.47. The molecule has 1 aliphatic rings. The van der Waals surface area contributed by atoms with E-state index in [1.807, 2.05) is 0 Å². The van der Waals surface area contributed by atoms with Crippen LogP contribution in [-0.4, -0.2) is 44.0 Å². The van der Waals surface area contributed by atoms with Crippen LogP contribution in [0.5, 0.6) is 0 Å². The highest BCUT2D eigenvalue weighted by Crippen LogP contribution is 2.30. The van der Waals surface area contributed by atoms with Crippen LogP contribution < -0.4 is 5.32 Å². The molecule has 102 valence electrons. The third kappa shape index (κ3) is 6.15. The highest BCUT2D eigenvalue weighted by molar-refractivity contribution is 6.34. The zero-order valence-corrected chi connectivity index (χ0v) is 15.6. The summed E-state index contributed by atoms with van der Waals surface area (Å²) in [5.41, 5.74) is 0.387. The maximum absolute atomic E-state index is 6.04. The second-order valence-corrected chi connectivity index (χ2v) is 9.92. The molecule has 3 nitrogen and oxygen atoms in total. The lowest BCUT2D eigenvalue weighted by Crippen LogP contribution is -2.59. The molecule has 0 aliphatic carbocycles. The zero-order chi connectivity index (χ0) is 12.9. The van der Waals surface area contributed by atoms with Crippen LogP contribution in [0.15, 0.2) is 0 Å². The summed E-state index contributed by atoms with van der Waals surface area (Å²) in [4.78, 5) is 0. The van der Waals surface area contributed by atoms with Gasteiger partial charge in [0.05, 0.1) is 6.10 Å². The number of hydrogen-bond donors (Lipinski definition) is 1. The van der Waals surface area contributed by atoms with E-state index in [-0.39, 0.29) is 20.8 Å². The molecule has 0 amide bonds. The van der Waals surface area contributed by atoms with Gasteiger partial charge in [0, 0.05) is 17.7 Å². The number of ether oxygens (including phenoxy) is 1. The summed E-state index contributed by atoms with van der Waals surface area (Å²) in [7, 11) is 0.712. The largest absolute Gasteiger partial charge is 0.468 e. The Balaban J connectivity index is 2.28. The molecule has 1 rings (SSSR count). The van der Waals surface area contributed by atoms with E-state index in [4.69, 9.17) is 8.85 Å². The second-order valence-electron chi connectivity index (χ2n) is 6.49. The average molecular weight is 276 g/mol. The average Bonchev–Trinajstić information content (AvgIpc) is 2.12. The first-order valence-corrected chi connectivity index (χ1v) is 9.14. The topological polar surface area (TPSA) is 30.5 Å². The van der Waals surface area contributed by atoms with Gasteiger partial charge in [-0.1, -0.05) is 0 Å². The smallest absolute Gasteiger partial charge is 0.145 e. The van der Waals surface area contributed by atoms with Crippen LogP contribution in [0.2, 0.25) is 6.04 Å². The van der Waals surface area contributed by atoms with Crippen LogP contribution in [0.4, 0.5) is 0 Å². The normalized spacial score (nSPS) is 24.7. The fourth-order valence-corrected chi connectivity index (χ4v) is 4.51. The molecule has 0 aromatic carbocycles. The lowest BCUT2D eigenvalue weighted by molar-refractivity contribution is -0.0213. The van der Waals surface area contributed by atoms with E-state index in [1.54, 1.807) is 0 Å². The quantitative estimate of drug-likeness (QED) is 0.566. The van der Waals surface area contributed by atoms with Gasteiger partial charge in [-0.2, -0.15) is 0 Å². The van der Waals surface area contributed by atoms with Crippen molar-refractivity contribution in [2.24, 2.45) is 0 Å². The van der Waals surface area contributed by atoms with Gasteiger partial charge in [0.1, 0.15) is 20.2 Å². The van der Waals surface area contributed by atoms with Crippen LogP contribution in [0.1, 0.15) is 47.0 Å². The number of nitrogens with one attached hydrogen (secondary N) is 1. The Labute approximate surface area is 112 Å². The molecule has 1 aliphatic heterocycles. The summed E-state index contributed by atoms with van der Waals surface area (Å²) in [6, 6.07) is 1.27. The van der Waals surface area contributed by atoms with E-state index in [1.165, 1.54) is 12.5 Å². The molecule has 1 fully saturated rings. The first kappa shape index (κ1) is 15.4. The van der Waals surface area contributed by atoms with Crippen molar-refractivity contribution in [3.63, 3.8) is 0 Å². The van der Waals surface area contributed by atoms with Crippen molar-refractivity contribution >= 4 is 20.2 Å². The summed E-state index contributed by atoms with van der Waals surface area (Å²) in [6.07, 6.45) is 3.83. The van der Waals surface area contributed by atoms with E-state index >= 15 is 0 Å². The van der Waals surface area contributed by atoms with Crippen LogP contribution in [0, 0.1) is 0 Å². The monoisotopic (exact) mass is 275 g/mol. The van der Waals surface area contributed by atoms with Gasteiger partial charge in [-0.15, -0.1) is 0 Å². The Hall–Kier alpha value is 0.314. The molecule has 0 spiro atoms. The molecule has 1 saturated heterocycles. The van der Waals surface area contributed by atoms with Crippen molar-refractivity contribution in [1.29, 1.82) is 0 Å². The van der Waals surface area contributed by atoms with E-state index < -0.39 is 0 Å². The zero-order valence-electron chi connectivity index (χ0n) is 12.1. The molecule has 0 aromatic heterocycles. The first-order chi connectivity index (χ1) is 7.85. The minimum Gasteiger partial charge on any atom is -0.468 e. The first-order valence-electron chi connectivity index (χ1n) is 6.74. The van der Waals surface area contributed by atoms with E-state index in [0.717, 1.165) is 29.9 Å². The third-order valence-electron chi connectivity index (χ3n) is 3.25. The molecule has 1 heterocycles. The van der Waals surface area contributed by atoms with Crippen molar-refractivity contribution in [2.45, 2.75) is 70.2 Å². The minimum absolute atomic E-state index is 0.194. The Morgan fingerprint density at radius 1 is 1.24 bits per heavy atom. The van der Waals surface area contributed by atoms with Crippen LogP contribution in [0.25, 0.3) is 0 Å². The molecule has 0 saturated carbocycles. The van der Waals surface area contributed by atoms with Gasteiger partial charge in [-0.25, -0.2) is 0 Å². The highest BCUT2D eigenvalue weighted by Gasteiger charge is 2.37. The molecule has 0 bridgehead atoms. The van der Waals surface area contributed by atoms with Gasteiger partial charge in [-0.05, 0) is 53.0 Å². The summed E-state index contributed by atoms with van der Waals surface area (Å²) in [5, 5.41) is 3.68. The summed E-state index contributed by atoms with van der Waals surface area (Å²) >= 11 is 0. The fourth-order valence-electron chi connectivity index (χ4n) is 2.94. The Kier molecular flexibility index (Phi) is 5.85. The molecular formula is C12H29NO2Si2. The van der Waals surface area contributed by atoms with Gasteiger partial charge in [0.15, 0.2) is 0 Å². The molecule has 0 atom stereocenters. The van der Waals surface area contributed by atoms with Crippen molar-refractivity contribution in [3.05, 3.63) is 0 Å². The fraction of sp³-hybridized carbons (Fsp3) is 1.00. The summed E-state index contributed by atoms with van der Waals surface area (Å²) in [5.74, 6) is 0. The maximum Gasteiger partial charge on any atom is 0.145 e. The standard InChI is InChI=1S/C12H29NO2Si2/c1-11(2)8-10(9-12(3,4)13-11)14-6-5-7-17-15-16/h10,13H,5-9,17H2,1-4,16H3. The van der Waals surface area contributed by atoms with Crippen molar-refractivity contribution in [1.82, 2.24) is 5.32 Å². The van der Waals surface area contributed by atoms with E-state index in [9.17, 15) is 0 Å². The third-order valence-corrected chi connectivity index (χ3v) is 5.67. The van der Waals surface area contributed by atoms with Gasteiger partial charge in [0.2, 0.25) is 0 Å². The SMILES string of the molecule is CC1(C)CC(OCCC[SiH2]O[SiH3])CC(C)(C)N1. The van der Waals surface area contributed by atoms with E-state index in [0.29, 0.717) is 6.10 Å². The summed E-state index contributed by atoms with van der Waals surface area (Å²) in [6.45, 7) is 9.99. The predicted octanol–water partition coefficient (Wildman–Crippen LogP) is 0.501. The Morgan fingerprint density at radius 3 is 2.35 bits per heavy atom. The van der Waals surface area contributed by atoms with Crippen LogP contribution in [0.3, 0.4) is 0 Å². The summed E-state index contributed by atoms with van der Waals surface area (Å²) < 4.78 is 11.4. The van der Waals surface area contributed by atoms with Crippen molar-refractivity contribution < 1.29 is 8.85 Å². The molecule has 0 aromatic rings. The van der Waals surface area contributed by atoms with Gasteiger partial charge in [0.25, 0.3) is 0 Å². The molecule has 5 heteroatoms. The number of piperidine rings is 1. The van der Waals surface area contributed by atoms with Crippen molar-refractivity contribution in [3.8, 4) is 0 Å². The van der Waals surface area contributed by atoms with Crippen molar-refractivity contribution in [2.75, 3.05) is 6.61 Å². The molecule has 1 N–H and O–H groups in total.